The van der Waals surface area contributed by atoms with Crippen molar-refractivity contribution >= 4 is 5.91 Å². The number of hydrogen-bond acceptors (Lipinski definition) is 5. The van der Waals surface area contributed by atoms with E-state index in [0.29, 0.717) is 18.8 Å². The van der Waals surface area contributed by atoms with Crippen LogP contribution in [0.3, 0.4) is 0 Å². The predicted octanol–water partition coefficient (Wildman–Crippen LogP) is 3.36. The van der Waals surface area contributed by atoms with Crippen molar-refractivity contribution < 1.29 is 18.5 Å². The maximum absolute atomic E-state index is 13.2. The van der Waals surface area contributed by atoms with E-state index < -0.39 is 0 Å². The van der Waals surface area contributed by atoms with Crippen LogP contribution >= 0.6 is 0 Å². The van der Waals surface area contributed by atoms with Crippen molar-refractivity contribution in [3.63, 3.8) is 0 Å². The molecular weight excluding hydrogens is 320 g/mol. The molecule has 2 aliphatic rings. The van der Waals surface area contributed by atoms with E-state index in [1.807, 2.05) is 12.1 Å². The molecule has 0 N–H and O–H groups in total. The lowest BCUT2D eigenvalue weighted by molar-refractivity contribution is 0.0483. The summed E-state index contributed by atoms with van der Waals surface area (Å²) >= 11 is 0. The van der Waals surface area contributed by atoms with Crippen molar-refractivity contribution in [2.75, 3.05) is 13.2 Å². The Morgan fingerprint density at radius 2 is 2.16 bits per heavy atom. The number of hydrogen-bond donors (Lipinski definition) is 0. The second kappa shape index (κ2) is 7.44. The van der Waals surface area contributed by atoms with Crippen LogP contribution in [0.25, 0.3) is 0 Å². The van der Waals surface area contributed by atoms with E-state index >= 15 is 0 Å². The van der Waals surface area contributed by atoms with Gasteiger partial charge < -0.3 is 18.6 Å². The Hall–Kier alpha value is -2.08. The van der Waals surface area contributed by atoms with E-state index in [9.17, 15) is 4.79 Å². The number of nitrogens with zero attached hydrogens (tertiary/aromatic N) is 2. The van der Waals surface area contributed by atoms with Crippen molar-refractivity contribution in [1.29, 1.82) is 0 Å². The van der Waals surface area contributed by atoms with Crippen LogP contribution in [0.15, 0.2) is 27.3 Å². The summed E-state index contributed by atoms with van der Waals surface area (Å²) < 4.78 is 16.7. The van der Waals surface area contributed by atoms with Crippen molar-refractivity contribution in [3.05, 3.63) is 41.2 Å². The summed E-state index contributed by atoms with van der Waals surface area (Å²) in [5.74, 6) is 1.57. The monoisotopic (exact) mass is 344 g/mol. The number of aryl methyl sites for hydroxylation is 1. The van der Waals surface area contributed by atoms with Crippen LogP contribution in [0.4, 0.5) is 0 Å². The first kappa shape index (κ1) is 16.4. The summed E-state index contributed by atoms with van der Waals surface area (Å²) in [6.07, 6.45) is 8.85. The van der Waals surface area contributed by atoms with Gasteiger partial charge in [-0.05, 0) is 44.2 Å². The Balaban J connectivity index is 1.57. The van der Waals surface area contributed by atoms with Crippen LogP contribution in [0, 0.1) is 0 Å². The zero-order valence-corrected chi connectivity index (χ0v) is 14.4. The lowest BCUT2D eigenvalue weighted by atomic mass is 10.1. The van der Waals surface area contributed by atoms with Gasteiger partial charge in [0.25, 0.3) is 5.91 Å². The zero-order valence-electron chi connectivity index (χ0n) is 14.4. The summed E-state index contributed by atoms with van der Waals surface area (Å²) in [7, 11) is 0. The van der Waals surface area contributed by atoms with E-state index in [1.54, 1.807) is 11.2 Å². The van der Waals surface area contributed by atoms with Gasteiger partial charge in [-0.25, -0.2) is 0 Å². The number of furan rings is 1. The van der Waals surface area contributed by atoms with E-state index in [4.69, 9.17) is 13.7 Å². The molecule has 1 atom stereocenters. The normalized spacial score (nSPS) is 20.2. The fourth-order valence-corrected chi connectivity index (χ4v) is 3.72. The van der Waals surface area contributed by atoms with Gasteiger partial charge in [-0.15, -0.1) is 0 Å². The van der Waals surface area contributed by atoms with E-state index in [2.05, 4.69) is 5.16 Å². The topological polar surface area (TPSA) is 68.7 Å². The average molecular weight is 344 g/mol. The molecule has 6 nitrogen and oxygen atoms in total. The zero-order chi connectivity index (χ0) is 17.1. The van der Waals surface area contributed by atoms with Gasteiger partial charge in [-0.1, -0.05) is 11.6 Å². The summed E-state index contributed by atoms with van der Waals surface area (Å²) in [5, 5.41) is 4.13. The predicted molar refractivity (Wildman–Crippen MR) is 90.2 cm³/mol. The number of amides is 1. The molecule has 0 aromatic carbocycles. The van der Waals surface area contributed by atoms with E-state index in [-0.39, 0.29) is 12.0 Å². The van der Waals surface area contributed by atoms with Crippen molar-refractivity contribution in [2.24, 2.45) is 0 Å². The number of carbonyl (C=O) groups is 1. The Labute approximate surface area is 147 Å². The third kappa shape index (κ3) is 3.63. The molecule has 1 aliphatic heterocycles. The maximum Gasteiger partial charge on any atom is 0.276 e. The fourth-order valence-electron chi connectivity index (χ4n) is 3.72. The van der Waals surface area contributed by atoms with Gasteiger partial charge in [0, 0.05) is 25.1 Å². The molecule has 2 aromatic heterocycles. The highest BCUT2D eigenvalue weighted by Crippen LogP contribution is 2.25. The summed E-state index contributed by atoms with van der Waals surface area (Å²) in [5.41, 5.74) is 1.47. The number of rotatable bonds is 5. The molecule has 3 heterocycles. The Bertz CT molecular complexity index is 701. The highest BCUT2D eigenvalue weighted by atomic mass is 16.5. The molecule has 0 spiro atoms. The van der Waals surface area contributed by atoms with E-state index in [1.165, 1.54) is 6.42 Å². The summed E-state index contributed by atoms with van der Waals surface area (Å²) in [6.45, 7) is 1.75. The van der Waals surface area contributed by atoms with Crippen LogP contribution in [0.5, 0.6) is 0 Å². The van der Waals surface area contributed by atoms with Crippen LogP contribution in [0.1, 0.15) is 59.7 Å². The maximum atomic E-state index is 13.2. The van der Waals surface area contributed by atoms with Gasteiger partial charge in [0.2, 0.25) is 0 Å². The Kier molecular flexibility index (Phi) is 4.88. The van der Waals surface area contributed by atoms with Gasteiger partial charge in [0.05, 0.1) is 18.9 Å². The molecule has 6 heteroatoms. The number of ether oxygens (including phenoxy) is 1. The molecule has 4 rings (SSSR count). The molecule has 0 radical (unpaired) electrons. The van der Waals surface area contributed by atoms with Crippen LogP contribution < -0.4 is 0 Å². The average Bonchev–Trinajstić information content (AvgIpc) is 3.35. The minimum absolute atomic E-state index is 0.0844. The molecule has 1 amide bonds. The highest BCUT2D eigenvalue weighted by molar-refractivity contribution is 5.93. The molecule has 0 saturated carbocycles. The third-order valence-electron chi connectivity index (χ3n) is 5.06. The highest BCUT2D eigenvalue weighted by Gasteiger charge is 2.29. The van der Waals surface area contributed by atoms with Gasteiger partial charge in [-0.3, -0.25) is 4.79 Å². The second-order valence-corrected chi connectivity index (χ2v) is 6.89. The molecule has 134 valence electrons. The Morgan fingerprint density at radius 3 is 2.96 bits per heavy atom. The van der Waals surface area contributed by atoms with Crippen molar-refractivity contribution in [3.8, 4) is 0 Å². The first-order valence-electron chi connectivity index (χ1n) is 9.22. The summed E-state index contributed by atoms with van der Waals surface area (Å²) in [6, 6.07) is 3.73. The van der Waals surface area contributed by atoms with Crippen molar-refractivity contribution in [1.82, 2.24) is 10.1 Å². The van der Waals surface area contributed by atoms with Crippen LogP contribution in [-0.2, 0) is 24.1 Å². The number of aromatic nitrogens is 1. The molecule has 2 aromatic rings. The molecule has 1 unspecified atom stereocenters. The largest absolute Gasteiger partial charge is 0.467 e. The second-order valence-electron chi connectivity index (χ2n) is 6.89. The molecule has 0 bridgehead atoms. The van der Waals surface area contributed by atoms with Crippen molar-refractivity contribution in [2.45, 2.75) is 57.6 Å². The minimum atomic E-state index is -0.0844. The van der Waals surface area contributed by atoms with Gasteiger partial charge >= 0.3 is 0 Å². The molecule has 25 heavy (non-hydrogen) atoms. The SMILES string of the molecule is O=C(c1noc2c1CCCCC2)N(Cc1ccco1)CC1CCCO1. The molecule has 1 aliphatic carbocycles. The van der Waals surface area contributed by atoms with Crippen LogP contribution in [-0.4, -0.2) is 35.2 Å². The molecular formula is C19H24N2O4. The fraction of sp³-hybridized carbons (Fsp3) is 0.579. The third-order valence-corrected chi connectivity index (χ3v) is 5.06. The molecule has 1 saturated heterocycles. The minimum Gasteiger partial charge on any atom is -0.467 e. The summed E-state index contributed by atoms with van der Waals surface area (Å²) in [4.78, 5) is 15.0. The molecule has 1 fully saturated rings. The van der Waals surface area contributed by atoms with Gasteiger partial charge in [0.1, 0.15) is 11.5 Å². The van der Waals surface area contributed by atoms with Gasteiger partial charge in [-0.2, -0.15) is 0 Å². The first-order chi connectivity index (χ1) is 12.3. The van der Waals surface area contributed by atoms with Crippen LogP contribution in [0.2, 0.25) is 0 Å². The smallest absolute Gasteiger partial charge is 0.276 e. The Morgan fingerprint density at radius 1 is 1.24 bits per heavy atom. The van der Waals surface area contributed by atoms with E-state index in [0.717, 1.165) is 62.2 Å². The number of carbonyl (C=O) groups excluding carboxylic acids is 1. The lowest BCUT2D eigenvalue weighted by Crippen LogP contribution is -2.37. The number of fused-ring (bicyclic) bond motifs is 1. The standard InChI is InChI=1S/C19H24N2O4/c22-19(18-16-8-2-1-3-9-17(16)25-20-18)21(12-14-6-4-10-23-14)13-15-7-5-11-24-15/h4,6,10,15H,1-3,5,7-9,11-13H2. The lowest BCUT2D eigenvalue weighted by Gasteiger charge is -2.24. The van der Waals surface area contributed by atoms with Gasteiger partial charge in [0.15, 0.2) is 5.69 Å². The first-order valence-corrected chi connectivity index (χ1v) is 9.22. The quantitative estimate of drug-likeness (QED) is 0.778.